The van der Waals surface area contributed by atoms with Crippen LogP contribution in [0, 0.1) is 11.7 Å². The number of benzene rings is 1. The zero-order valence-electron chi connectivity index (χ0n) is 14.2. The van der Waals surface area contributed by atoms with Gasteiger partial charge >= 0.3 is 0 Å². The molecule has 0 unspecified atom stereocenters. The van der Waals surface area contributed by atoms with Crippen LogP contribution < -0.4 is 5.32 Å². The van der Waals surface area contributed by atoms with E-state index in [0.717, 1.165) is 0 Å². The van der Waals surface area contributed by atoms with Gasteiger partial charge in [-0.05, 0) is 46.8 Å². The minimum Gasteiger partial charge on any atom is -0.457 e. The molecule has 2 heterocycles. The fourth-order valence-corrected chi connectivity index (χ4v) is 3.46. The number of piperidine rings is 1. The molecule has 0 atom stereocenters. The van der Waals surface area contributed by atoms with E-state index in [1.807, 2.05) is 0 Å². The first-order chi connectivity index (χ1) is 12.5. The average Bonchev–Trinajstić information content (AvgIpc) is 3.09. The van der Waals surface area contributed by atoms with Gasteiger partial charge in [-0.3, -0.25) is 9.59 Å². The van der Waals surface area contributed by atoms with Gasteiger partial charge in [0.1, 0.15) is 12.1 Å². The van der Waals surface area contributed by atoms with Crippen LogP contribution in [0.3, 0.4) is 0 Å². The van der Waals surface area contributed by atoms with Gasteiger partial charge in [0.05, 0.1) is 5.56 Å². The number of hydrogen-bond acceptors (Lipinski definition) is 3. The number of nitrogens with one attached hydrogen (secondary N) is 1. The lowest BCUT2D eigenvalue weighted by molar-refractivity contribution is -0.126. The molecule has 1 fully saturated rings. The van der Waals surface area contributed by atoms with Crippen LogP contribution >= 0.6 is 15.9 Å². The van der Waals surface area contributed by atoms with E-state index in [4.69, 9.17) is 4.42 Å². The van der Waals surface area contributed by atoms with E-state index in [9.17, 15) is 14.0 Å². The number of hydrogen-bond donors (Lipinski definition) is 1. The second kappa shape index (κ2) is 8.49. The maximum absolute atomic E-state index is 13.6. The van der Waals surface area contributed by atoms with Crippen molar-refractivity contribution in [3.63, 3.8) is 0 Å². The Bertz CT molecular complexity index is 785. The van der Waals surface area contributed by atoms with Gasteiger partial charge in [-0.2, -0.15) is 0 Å². The zero-order valence-corrected chi connectivity index (χ0v) is 15.8. The molecule has 0 spiro atoms. The zero-order chi connectivity index (χ0) is 18.5. The number of furan rings is 1. The van der Waals surface area contributed by atoms with Crippen LogP contribution in [0.5, 0.6) is 0 Å². The number of carbonyl (C=O) groups excluding carboxylic acids is 2. The molecule has 3 rings (SSSR count). The maximum Gasteiger partial charge on any atom is 0.257 e. The summed E-state index contributed by atoms with van der Waals surface area (Å²) in [5, 5.41) is 2.88. The smallest absolute Gasteiger partial charge is 0.257 e. The molecule has 0 radical (unpaired) electrons. The van der Waals surface area contributed by atoms with Crippen molar-refractivity contribution < 1.29 is 18.4 Å². The topological polar surface area (TPSA) is 62.6 Å². The van der Waals surface area contributed by atoms with Crippen molar-refractivity contribution in [1.29, 1.82) is 0 Å². The number of likely N-dealkylation sites (tertiary alicyclic amines) is 1. The number of halogens is 2. The minimum absolute atomic E-state index is 0.0282. The SMILES string of the molecule is O=C(NCCc1ccccc1F)C1CCN(C(=O)c2coc(Br)c2)CC1. The largest absolute Gasteiger partial charge is 0.457 e. The summed E-state index contributed by atoms with van der Waals surface area (Å²) in [5.41, 5.74) is 1.10. The minimum atomic E-state index is -0.251. The predicted octanol–water partition coefficient (Wildman–Crippen LogP) is 3.39. The third-order valence-electron chi connectivity index (χ3n) is 4.62. The number of amides is 2. The number of rotatable bonds is 5. The van der Waals surface area contributed by atoms with Crippen molar-refractivity contribution in [2.45, 2.75) is 19.3 Å². The summed E-state index contributed by atoms with van der Waals surface area (Å²) in [6.07, 6.45) is 3.13. The molecule has 2 amide bonds. The monoisotopic (exact) mass is 422 g/mol. The van der Waals surface area contributed by atoms with Crippen LogP contribution in [0.1, 0.15) is 28.8 Å². The van der Waals surface area contributed by atoms with Crippen LogP contribution in [0.15, 0.2) is 45.7 Å². The maximum atomic E-state index is 13.6. The highest BCUT2D eigenvalue weighted by atomic mass is 79.9. The second-order valence-electron chi connectivity index (χ2n) is 6.34. The van der Waals surface area contributed by atoms with E-state index in [0.29, 0.717) is 54.7 Å². The summed E-state index contributed by atoms with van der Waals surface area (Å²) < 4.78 is 19.2. The summed E-state index contributed by atoms with van der Waals surface area (Å²) in [5.74, 6) is -0.479. The summed E-state index contributed by atoms with van der Waals surface area (Å²) in [6, 6.07) is 8.21. The van der Waals surface area contributed by atoms with Crippen molar-refractivity contribution in [2.75, 3.05) is 19.6 Å². The molecule has 0 bridgehead atoms. The first-order valence-electron chi connectivity index (χ1n) is 8.59. The van der Waals surface area contributed by atoms with E-state index in [1.54, 1.807) is 29.2 Å². The highest BCUT2D eigenvalue weighted by Crippen LogP contribution is 2.21. The Morgan fingerprint density at radius 3 is 2.65 bits per heavy atom. The Kier molecular flexibility index (Phi) is 6.08. The van der Waals surface area contributed by atoms with Gasteiger partial charge < -0.3 is 14.6 Å². The molecular weight excluding hydrogens is 403 g/mol. The van der Waals surface area contributed by atoms with E-state index in [-0.39, 0.29) is 23.5 Å². The molecular formula is C19H20BrFN2O3. The van der Waals surface area contributed by atoms with Crippen molar-refractivity contribution in [3.8, 4) is 0 Å². The number of carbonyl (C=O) groups is 2. The van der Waals surface area contributed by atoms with Crippen molar-refractivity contribution in [3.05, 3.63) is 58.2 Å². The molecule has 7 heteroatoms. The van der Waals surface area contributed by atoms with Gasteiger partial charge in [-0.25, -0.2) is 4.39 Å². The highest BCUT2D eigenvalue weighted by Gasteiger charge is 2.28. The third-order valence-corrected chi connectivity index (χ3v) is 5.03. The quantitative estimate of drug-likeness (QED) is 0.802. The first kappa shape index (κ1) is 18.6. The normalized spacial score (nSPS) is 15.1. The Morgan fingerprint density at radius 1 is 1.27 bits per heavy atom. The molecule has 5 nitrogen and oxygen atoms in total. The van der Waals surface area contributed by atoms with Gasteiger partial charge in [0.25, 0.3) is 5.91 Å². The summed E-state index contributed by atoms with van der Waals surface area (Å²) in [6.45, 7) is 1.47. The van der Waals surface area contributed by atoms with E-state index in [1.165, 1.54) is 12.3 Å². The molecule has 1 aromatic carbocycles. The van der Waals surface area contributed by atoms with Gasteiger partial charge in [-0.15, -0.1) is 0 Å². The summed E-state index contributed by atoms with van der Waals surface area (Å²) >= 11 is 3.18. The van der Waals surface area contributed by atoms with Crippen molar-refractivity contribution in [2.24, 2.45) is 5.92 Å². The van der Waals surface area contributed by atoms with Gasteiger partial charge in [0.15, 0.2) is 4.67 Å². The highest BCUT2D eigenvalue weighted by molar-refractivity contribution is 9.10. The van der Waals surface area contributed by atoms with E-state index < -0.39 is 0 Å². The lowest BCUT2D eigenvalue weighted by atomic mass is 9.95. The lowest BCUT2D eigenvalue weighted by Gasteiger charge is -2.31. The van der Waals surface area contributed by atoms with Crippen LogP contribution in [0.2, 0.25) is 0 Å². The molecule has 1 saturated heterocycles. The Hall–Kier alpha value is -2.15. The van der Waals surface area contributed by atoms with Crippen LogP contribution in [0.25, 0.3) is 0 Å². The fourth-order valence-electron chi connectivity index (χ4n) is 3.12. The fraction of sp³-hybridized carbons (Fsp3) is 0.368. The summed E-state index contributed by atoms with van der Waals surface area (Å²) in [4.78, 5) is 26.4. The standard InChI is InChI=1S/C19H20BrFN2O3/c20-17-11-15(12-26-17)19(25)23-9-6-14(7-10-23)18(24)22-8-5-13-3-1-2-4-16(13)21/h1-4,11-12,14H,5-10H2,(H,22,24). The molecule has 2 aromatic rings. The van der Waals surface area contributed by atoms with Crippen molar-refractivity contribution >= 4 is 27.7 Å². The van der Waals surface area contributed by atoms with Gasteiger partial charge in [0, 0.05) is 31.6 Å². The Balaban J connectivity index is 1.43. The Labute approximate surface area is 159 Å². The second-order valence-corrected chi connectivity index (χ2v) is 7.12. The van der Waals surface area contributed by atoms with Crippen LogP contribution in [-0.2, 0) is 11.2 Å². The molecule has 138 valence electrons. The molecule has 0 aliphatic carbocycles. The first-order valence-corrected chi connectivity index (χ1v) is 9.38. The van der Waals surface area contributed by atoms with E-state index in [2.05, 4.69) is 21.2 Å². The third kappa shape index (κ3) is 4.52. The summed E-state index contributed by atoms with van der Waals surface area (Å²) in [7, 11) is 0. The van der Waals surface area contributed by atoms with Crippen molar-refractivity contribution in [1.82, 2.24) is 10.2 Å². The molecule has 26 heavy (non-hydrogen) atoms. The number of nitrogens with zero attached hydrogens (tertiary/aromatic N) is 1. The average molecular weight is 423 g/mol. The molecule has 1 aliphatic heterocycles. The molecule has 1 aliphatic rings. The van der Waals surface area contributed by atoms with Gasteiger partial charge in [-0.1, -0.05) is 18.2 Å². The van der Waals surface area contributed by atoms with E-state index >= 15 is 0 Å². The predicted molar refractivity (Wildman–Crippen MR) is 98.1 cm³/mol. The molecule has 0 saturated carbocycles. The van der Waals surface area contributed by atoms with Crippen LogP contribution in [-0.4, -0.2) is 36.3 Å². The molecule has 1 N–H and O–H groups in total. The molecule has 1 aromatic heterocycles. The lowest BCUT2D eigenvalue weighted by Crippen LogP contribution is -2.43. The van der Waals surface area contributed by atoms with Gasteiger partial charge in [0.2, 0.25) is 5.91 Å². The Morgan fingerprint density at radius 2 is 2.00 bits per heavy atom. The van der Waals surface area contributed by atoms with Crippen LogP contribution in [0.4, 0.5) is 4.39 Å².